The first-order chi connectivity index (χ1) is 13.8. The van der Waals surface area contributed by atoms with Crippen LogP contribution in [0.1, 0.15) is 11.1 Å². The lowest BCUT2D eigenvalue weighted by Gasteiger charge is -2.15. The highest BCUT2D eigenvalue weighted by Gasteiger charge is 2.38. The summed E-state index contributed by atoms with van der Waals surface area (Å²) in [5.74, 6) is -1.11. The Morgan fingerprint density at radius 3 is 2.41 bits per heavy atom. The zero-order chi connectivity index (χ0) is 20.8. The van der Waals surface area contributed by atoms with Gasteiger partial charge in [-0.25, -0.2) is 15.0 Å². The molecule has 0 amide bonds. The molecule has 0 aliphatic heterocycles. The molecule has 0 saturated heterocycles. The fraction of sp³-hybridized carbons (Fsp3) is 0.111. The highest BCUT2D eigenvalue weighted by atomic mass is 19.4. The lowest BCUT2D eigenvalue weighted by molar-refractivity contribution is -0.136. The van der Waals surface area contributed by atoms with Gasteiger partial charge >= 0.3 is 6.18 Å². The van der Waals surface area contributed by atoms with Gasteiger partial charge in [0.05, 0.1) is 11.4 Å². The van der Waals surface area contributed by atoms with Crippen molar-refractivity contribution in [2.24, 2.45) is 0 Å². The van der Waals surface area contributed by atoms with E-state index >= 15 is 0 Å². The molecule has 11 heteroatoms. The van der Waals surface area contributed by atoms with Gasteiger partial charge < -0.3 is 11.5 Å². The van der Waals surface area contributed by atoms with Crippen molar-refractivity contribution in [3.05, 3.63) is 47.8 Å². The quantitative estimate of drug-likeness (QED) is 0.527. The molecular weight excluding hydrogens is 385 g/mol. The molecule has 0 aliphatic rings. The number of hydrogen-bond donors (Lipinski definition) is 2. The van der Waals surface area contributed by atoms with E-state index in [4.69, 9.17) is 11.5 Å². The number of rotatable bonds is 2. The predicted octanol–water partition coefficient (Wildman–Crippen LogP) is 3.04. The Balaban J connectivity index is 1.97. The predicted molar refractivity (Wildman–Crippen MR) is 100 cm³/mol. The number of aryl methyl sites for hydroxylation is 1. The number of nitrogens with two attached hydrogens (primary N) is 2. The third kappa shape index (κ3) is 3.26. The minimum Gasteiger partial charge on any atom is -0.383 e. The van der Waals surface area contributed by atoms with Crippen LogP contribution in [0.4, 0.5) is 24.9 Å². The second kappa shape index (κ2) is 6.62. The number of halogens is 3. The molecule has 0 fully saturated rings. The molecule has 0 spiro atoms. The van der Waals surface area contributed by atoms with Crippen molar-refractivity contribution in [1.82, 2.24) is 30.1 Å². The first-order valence-corrected chi connectivity index (χ1v) is 8.30. The van der Waals surface area contributed by atoms with Crippen LogP contribution in [0.5, 0.6) is 0 Å². The Bertz CT molecular complexity index is 1240. The van der Waals surface area contributed by atoms with Crippen molar-refractivity contribution < 1.29 is 13.2 Å². The van der Waals surface area contributed by atoms with Crippen LogP contribution in [0.15, 0.2) is 36.7 Å². The average molecular weight is 398 g/mol. The van der Waals surface area contributed by atoms with E-state index in [1.165, 1.54) is 12.3 Å². The number of nitrogen functional groups attached to an aromatic ring is 2. The third-order valence-electron chi connectivity index (χ3n) is 4.26. The monoisotopic (exact) mass is 398 g/mol. The van der Waals surface area contributed by atoms with Gasteiger partial charge in [-0.05, 0) is 36.8 Å². The topological polar surface area (TPSA) is 129 Å². The minimum absolute atomic E-state index is 0.137. The first-order valence-electron chi connectivity index (χ1n) is 8.30. The van der Waals surface area contributed by atoms with Gasteiger partial charge in [-0.15, -0.1) is 5.10 Å². The first kappa shape index (κ1) is 18.5. The van der Waals surface area contributed by atoms with E-state index in [0.29, 0.717) is 16.8 Å². The van der Waals surface area contributed by atoms with E-state index in [-0.39, 0.29) is 17.2 Å². The number of hydrogen-bond acceptors (Lipinski definition) is 8. The summed E-state index contributed by atoms with van der Waals surface area (Å²) in [7, 11) is 0. The van der Waals surface area contributed by atoms with Crippen molar-refractivity contribution in [2.75, 3.05) is 11.5 Å². The van der Waals surface area contributed by atoms with Crippen molar-refractivity contribution in [2.45, 2.75) is 13.1 Å². The molecule has 4 heterocycles. The summed E-state index contributed by atoms with van der Waals surface area (Å²) in [4.78, 5) is 15.9. The maximum atomic E-state index is 13.6. The zero-order valence-corrected chi connectivity index (χ0v) is 14.9. The van der Waals surface area contributed by atoms with Gasteiger partial charge in [0.15, 0.2) is 5.65 Å². The minimum atomic E-state index is -4.77. The van der Waals surface area contributed by atoms with Gasteiger partial charge in [-0.2, -0.15) is 23.3 Å². The Morgan fingerprint density at radius 2 is 1.69 bits per heavy atom. The number of fused-ring (bicyclic) bond motifs is 1. The van der Waals surface area contributed by atoms with Crippen molar-refractivity contribution in [1.29, 1.82) is 0 Å². The Kier molecular flexibility index (Phi) is 4.22. The molecule has 29 heavy (non-hydrogen) atoms. The normalized spacial score (nSPS) is 11.7. The van der Waals surface area contributed by atoms with Gasteiger partial charge in [0.1, 0.15) is 17.1 Å². The number of anilines is 2. The van der Waals surface area contributed by atoms with Crippen molar-refractivity contribution >= 4 is 22.8 Å². The summed E-state index contributed by atoms with van der Waals surface area (Å²) in [6.07, 6.45) is -1.88. The highest BCUT2D eigenvalue weighted by molar-refractivity contribution is 5.94. The largest absolute Gasteiger partial charge is 0.422 e. The van der Waals surface area contributed by atoms with Gasteiger partial charge in [-0.3, -0.25) is 0 Å². The summed E-state index contributed by atoms with van der Waals surface area (Å²) in [5, 5.41) is 8.26. The van der Waals surface area contributed by atoms with Crippen LogP contribution in [0.3, 0.4) is 0 Å². The number of pyridine rings is 2. The summed E-state index contributed by atoms with van der Waals surface area (Å²) in [5.41, 5.74) is 11.7. The van der Waals surface area contributed by atoms with E-state index < -0.39 is 23.3 Å². The van der Waals surface area contributed by atoms with Gasteiger partial charge in [-0.1, -0.05) is 0 Å². The van der Waals surface area contributed by atoms with Crippen LogP contribution in [0.25, 0.3) is 33.7 Å². The molecule has 0 aromatic carbocycles. The third-order valence-corrected chi connectivity index (χ3v) is 4.26. The molecule has 0 bridgehead atoms. The molecule has 0 radical (unpaired) electrons. The molecule has 4 rings (SSSR count). The molecular formula is C18H13F3N8. The van der Waals surface area contributed by atoms with Crippen molar-refractivity contribution in [3.8, 4) is 22.6 Å². The maximum absolute atomic E-state index is 13.6. The second-order valence-corrected chi connectivity index (χ2v) is 6.18. The fourth-order valence-electron chi connectivity index (χ4n) is 2.99. The maximum Gasteiger partial charge on any atom is 0.422 e. The van der Waals surface area contributed by atoms with Gasteiger partial charge in [0.2, 0.25) is 5.95 Å². The van der Waals surface area contributed by atoms with Crippen LogP contribution in [-0.2, 0) is 6.18 Å². The lowest BCUT2D eigenvalue weighted by Crippen LogP contribution is -2.15. The molecule has 4 aromatic rings. The van der Waals surface area contributed by atoms with Crippen LogP contribution in [0.2, 0.25) is 0 Å². The number of alkyl halides is 3. The summed E-state index contributed by atoms with van der Waals surface area (Å²) < 4.78 is 40.8. The molecule has 0 atom stereocenters. The van der Waals surface area contributed by atoms with Gasteiger partial charge in [0.25, 0.3) is 0 Å². The van der Waals surface area contributed by atoms with Crippen LogP contribution >= 0.6 is 0 Å². The standard InChI is InChI=1S/C18H13F3N8/c1-8-4-7-25-29-13(8)11-3-2-10-9(5-6-24-16(10)26-11)14-12(18(19,20)21)15(22)28-17(23)27-14/h2-7H,1H3,(H4,22,23,27,28). The van der Waals surface area contributed by atoms with Crippen molar-refractivity contribution in [3.63, 3.8) is 0 Å². The average Bonchev–Trinajstić information content (AvgIpc) is 2.65. The summed E-state index contributed by atoms with van der Waals surface area (Å²) >= 11 is 0. The highest BCUT2D eigenvalue weighted by Crippen LogP contribution is 2.41. The molecule has 4 N–H and O–H groups in total. The molecule has 8 nitrogen and oxygen atoms in total. The van der Waals surface area contributed by atoms with E-state index in [9.17, 15) is 13.2 Å². The molecule has 0 saturated carbocycles. The molecule has 0 unspecified atom stereocenters. The summed E-state index contributed by atoms with van der Waals surface area (Å²) in [6.45, 7) is 1.85. The van der Waals surface area contributed by atoms with Gasteiger partial charge in [0, 0.05) is 23.3 Å². The van der Waals surface area contributed by atoms with Crippen LogP contribution < -0.4 is 11.5 Å². The van der Waals surface area contributed by atoms with Crippen LogP contribution in [0, 0.1) is 6.92 Å². The number of nitrogens with zero attached hydrogens (tertiary/aromatic N) is 6. The molecule has 4 aromatic heterocycles. The van der Waals surface area contributed by atoms with E-state index in [1.807, 2.05) is 6.92 Å². The Labute approximate surface area is 161 Å². The molecule has 0 aliphatic carbocycles. The second-order valence-electron chi connectivity index (χ2n) is 6.18. The fourth-order valence-corrected chi connectivity index (χ4v) is 2.99. The smallest absolute Gasteiger partial charge is 0.383 e. The van der Waals surface area contributed by atoms with Crippen LogP contribution in [-0.4, -0.2) is 30.1 Å². The molecule has 146 valence electrons. The van der Waals surface area contributed by atoms with E-state index in [2.05, 4.69) is 30.1 Å². The number of aromatic nitrogens is 6. The van der Waals surface area contributed by atoms with E-state index in [0.717, 1.165) is 5.56 Å². The SMILES string of the molecule is Cc1ccnnc1-c1ccc2c(-c3nc(N)nc(N)c3C(F)(F)F)ccnc2n1. The van der Waals surface area contributed by atoms with E-state index in [1.54, 1.807) is 24.4 Å². The Morgan fingerprint density at radius 1 is 0.897 bits per heavy atom. The summed E-state index contributed by atoms with van der Waals surface area (Å²) in [6, 6.07) is 6.41. The zero-order valence-electron chi connectivity index (χ0n) is 14.9. The Hall–Kier alpha value is -3.89. The lowest BCUT2D eigenvalue weighted by atomic mass is 10.0.